The molecule has 1 atom stereocenters. The van der Waals surface area contributed by atoms with Crippen molar-refractivity contribution in [1.82, 2.24) is 9.55 Å². The minimum absolute atomic E-state index is 0.0339. The van der Waals surface area contributed by atoms with E-state index >= 15 is 0 Å². The van der Waals surface area contributed by atoms with Gasteiger partial charge in [0.25, 0.3) is 5.56 Å². The van der Waals surface area contributed by atoms with Gasteiger partial charge >= 0.3 is 0 Å². The van der Waals surface area contributed by atoms with Crippen molar-refractivity contribution >= 4 is 35.2 Å². The Labute approximate surface area is 115 Å². The van der Waals surface area contributed by atoms with Crippen LogP contribution in [0.1, 0.15) is 20.8 Å². The van der Waals surface area contributed by atoms with Crippen molar-refractivity contribution in [2.45, 2.75) is 27.3 Å². The minimum Gasteiger partial charge on any atom is -0.298 e. The molecule has 3 nitrogen and oxygen atoms in total. The van der Waals surface area contributed by atoms with Crippen LogP contribution in [0.4, 0.5) is 0 Å². The minimum atomic E-state index is 0.0339. The van der Waals surface area contributed by atoms with Gasteiger partial charge in [-0.15, -0.1) is 0 Å². The van der Waals surface area contributed by atoms with E-state index in [-0.39, 0.29) is 11.0 Å². The number of thiol groups is 1. The van der Waals surface area contributed by atoms with Crippen LogP contribution in [0.15, 0.2) is 17.3 Å². The van der Waals surface area contributed by atoms with Crippen molar-refractivity contribution < 1.29 is 0 Å². The first-order chi connectivity index (χ1) is 7.36. The van der Waals surface area contributed by atoms with E-state index in [2.05, 4.69) is 38.4 Å². The van der Waals surface area contributed by atoms with Gasteiger partial charge in [-0.2, -0.15) is 12.6 Å². The topological polar surface area (TPSA) is 34.9 Å². The standard InChI is InChI=1S/C11H17IN2OS/c1-11(2,3)8(6-16)5-14-7-13-4-9(12)10(14)15/h4,7-8,16H,5-6H2,1-3H3. The van der Waals surface area contributed by atoms with Crippen molar-refractivity contribution in [3.05, 3.63) is 26.4 Å². The Hall–Kier alpha value is -0.0400. The summed E-state index contributed by atoms with van der Waals surface area (Å²) in [6, 6.07) is 0. The van der Waals surface area contributed by atoms with Crippen LogP contribution in [0.25, 0.3) is 0 Å². The highest BCUT2D eigenvalue weighted by atomic mass is 127. The van der Waals surface area contributed by atoms with E-state index in [0.717, 1.165) is 5.75 Å². The zero-order valence-corrected chi connectivity index (χ0v) is 12.8. The normalized spacial score (nSPS) is 13.8. The monoisotopic (exact) mass is 352 g/mol. The summed E-state index contributed by atoms with van der Waals surface area (Å²) in [5, 5.41) is 0. The second-order valence-corrected chi connectivity index (χ2v) is 6.47. The van der Waals surface area contributed by atoms with Crippen LogP contribution in [0, 0.1) is 14.9 Å². The van der Waals surface area contributed by atoms with E-state index in [4.69, 9.17) is 0 Å². The molecule has 0 spiro atoms. The summed E-state index contributed by atoms with van der Waals surface area (Å²) in [5.74, 6) is 1.12. The highest BCUT2D eigenvalue weighted by Gasteiger charge is 2.24. The molecular weight excluding hydrogens is 335 g/mol. The summed E-state index contributed by atoms with van der Waals surface area (Å²) in [5.41, 5.74) is 0.175. The highest BCUT2D eigenvalue weighted by molar-refractivity contribution is 14.1. The highest BCUT2D eigenvalue weighted by Crippen LogP contribution is 2.27. The number of hydrogen-bond donors (Lipinski definition) is 1. The first-order valence-corrected chi connectivity index (χ1v) is 6.88. The van der Waals surface area contributed by atoms with Gasteiger partial charge in [0, 0.05) is 12.7 Å². The zero-order valence-electron chi connectivity index (χ0n) is 9.77. The van der Waals surface area contributed by atoms with Crippen molar-refractivity contribution in [3.8, 4) is 0 Å². The number of nitrogens with zero attached hydrogens (tertiary/aromatic N) is 2. The Bertz CT molecular complexity index is 411. The van der Waals surface area contributed by atoms with Crippen molar-refractivity contribution in [2.75, 3.05) is 5.75 Å². The maximum Gasteiger partial charge on any atom is 0.266 e. The molecule has 0 saturated heterocycles. The average molecular weight is 352 g/mol. The third-order valence-electron chi connectivity index (χ3n) is 2.72. The lowest BCUT2D eigenvalue weighted by atomic mass is 9.82. The van der Waals surface area contributed by atoms with Crippen molar-refractivity contribution in [3.63, 3.8) is 0 Å². The van der Waals surface area contributed by atoms with Gasteiger partial charge < -0.3 is 0 Å². The van der Waals surface area contributed by atoms with E-state index in [0.29, 0.717) is 16.0 Å². The van der Waals surface area contributed by atoms with E-state index in [1.807, 2.05) is 22.6 Å². The third kappa shape index (κ3) is 3.48. The number of aromatic nitrogens is 2. The first-order valence-electron chi connectivity index (χ1n) is 5.17. The third-order valence-corrected chi connectivity index (χ3v) is 3.90. The van der Waals surface area contributed by atoms with E-state index in [9.17, 15) is 4.79 Å². The van der Waals surface area contributed by atoms with Gasteiger partial charge in [-0.1, -0.05) is 20.8 Å². The molecule has 0 aliphatic heterocycles. The molecule has 0 fully saturated rings. The molecule has 90 valence electrons. The fourth-order valence-electron chi connectivity index (χ4n) is 1.40. The smallest absolute Gasteiger partial charge is 0.266 e. The SMILES string of the molecule is CC(C)(C)C(CS)Cn1cncc(I)c1=O. The first kappa shape index (κ1) is 14.0. The predicted octanol–water partition coefficient (Wildman–Crippen LogP) is 2.44. The van der Waals surface area contributed by atoms with Crippen LogP contribution in [-0.2, 0) is 6.54 Å². The molecule has 5 heteroatoms. The maximum absolute atomic E-state index is 11.8. The molecule has 1 heterocycles. The molecule has 1 rings (SSSR count). The Morgan fingerprint density at radius 3 is 2.69 bits per heavy atom. The largest absolute Gasteiger partial charge is 0.298 e. The van der Waals surface area contributed by atoms with Crippen LogP contribution in [0.5, 0.6) is 0 Å². The lowest BCUT2D eigenvalue weighted by molar-refractivity contribution is 0.235. The fraction of sp³-hybridized carbons (Fsp3) is 0.636. The second kappa shape index (κ2) is 5.53. The van der Waals surface area contributed by atoms with Gasteiger partial charge in [0.1, 0.15) is 0 Å². The second-order valence-electron chi connectivity index (χ2n) is 4.94. The molecule has 0 aliphatic carbocycles. The zero-order chi connectivity index (χ0) is 12.3. The summed E-state index contributed by atoms with van der Waals surface area (Å²) in [6.45, 7) is 7.18. The Morgan fingerprint density at radius 2 is 2.19 bits per heavy atom. The van der Waals surface area contributed by atoms with Gasteiger partial charge in [-0.05, 0) is 39.7 Å². The summed E-state index contributed by atoms with van der Waals surface area (Å²) in [6.07, 6.45) is 3.19. The summed E-state index contributed by atoms with van der Waals surface area (Å²) >= 11 is 6.38. The summed E-state index contributed by atoms with van der Waals surface area (Å²) in [7, 11) is 0. The van der Waals surface area contributed by atoms with Crippen LogP contribution in [-0.4, -0.2) is 15.3 Å². The van der Waals surface area contributed by atoms with E-state index < -0.39 is 0 Å². The molecule has 0 N–H and O–H groups in total. The molecule has 16 heavy (non-hydrogen) atoms. The van der Waals surface area contributed by atoms with Crippen LogP contribution in [0.2, 0.25) is 0 Å². The maximum atomic E-state index is 11.8. The lowest BCUT2D eigenvalue weighted by Crippen LogP contribution is -2.32. The molecule has 0 aromatic carbocycles. The van der Waals surface area contributed by atoms with E-state index in [1.165, 1.54) is 0 Å². The number of rotatable bonds is 3. The van der Waals surface area contributed by atoms with Crippen molar-refractivity contribution in [1.29, 1.82) is 0 Å². The van der Waals surface area contributed by atoms with Gasteiger partial charge in [0.15, 0.2) is 0 Å². The molecule has 0 saturated carbocycles. The van der Waals surface area contributed by atoms with Crippen LogP contribution >= 0.6 is 35.2 Å². The fourth-order valence-corrected chi connectivity index (χ4v) is 2.53. The Morgan fingerprint density at radius 1 is 1.56 bits per heavy atom. The molecule has 0 radical (unpaired) electrons. The van der Waals surface area contributed by atoms with Crippen LogP contribution < -0.4 is 5.56 Å². The molecule has 0 bridgehead atoms. The molecule has 1 aromatic heterocycles. The summed E-state index contributed by atoms with van der Waals surface area (Å²) in [4.78, 5) is 15.9. The van der Waals surface area contributed by atoms with Gasteiger partial charge in [0.05, 0.1) is 9.90 Å². The quantitative estimate of drug-likeness (QED) is 0.670. The molecule has 1 aromatic rings. The number of hydrogen-bond acceptors (Lipinski definition) is 3. The molecule has 0 aliphatic rings. The van der Waals surface area contributed by atoms with Gasteiger partial charge in [0.2, 0.25) is 0 Å². The van der Waals surface area contributed by atoms with E-state index in [1.54, 1.807) is 17.1 Å². The van der Waals surface area contributed by atoms with Gasteiger partial charge in [-0.25, -0.2) is 4.98 Å². The Kier molecular flexibility index (Phi) is 4.85. The molecule has 0 amide bonds. The number of halogens is 1. The van der Waals surface area contributed by atoms with Crippen LogP contribution in [0.3, 0.4) is 0 Å². The molecular formula is C11H17IN2OS. The predicted molar refractivity (Wildman–Crippen MR) is 78.0 cm³/mol. The Balaban J connectivity index is 2.96. The molecule has 1 unspecified atom stereocenters. The van der Waals surface area contributed by atoms with Gasteiger partial charge in [-0.3, -0.25) is 9.36 Å². The summed E-state index contributed by atoms with van der Waals surface area (Å²) < 4.78 is 2.33. The average Bonchev–Trinajstić information content (AvgIpc) is 2.18. The van der Waals surface area contributed by atoms with Crippen molar-refractivity contribution in [2.24, 2.45) is 11.3 Å². The lowest BCUT2D eigenvalue weighted by Gasteiger charge is -2.29.